The van der Waals surface area contributed by atoms with Crippen molar-refractivity contribution >= 4 is 23.1 Å². The van der Waals surface area contributed by atoms with Crippen LogP contribution in [0, 0.1) is 6.92 Å². The summed E-state index contributed by atoms with van der Waals surface area (Å²) in [4.78, 5) is 30.3. The van der Waals surface area contributed by atoms with E-state index in [0.717, 1.165) is 23.2 Å². The highest BCUT2D eigenvalue weighted by Gasteiger charge is 2.42. The molecular weight excluding hydrogens is 376 g/mol. The highest BCUT2D eigenvalue weighted by molar-refractivity contribution is 6.36. The molecule has 0 atom stereocenters. The number of imide groups is 1. The Hall–Kier alpha value is -2.92. The molecule has 30 heavy (non-hydrogen) atoms. The minimum Gasteiger partial charge on any atom is -0.379 e. The topological polar surface area (TPSA) is 49.9 Å². The molecule has 0 saturated heterocycles. The highest BCUT2D eigenvalue weighted by atomic mass is 16.5. The van der Waals surface area contributed by atoms with Crippen LogP contribution in [-0.2, 0) is 20.7 Å². The maximum atomic E-state index is 13.5. The molecule has 0 N–H and O–H groups in total. The molecule has 0 spiro atoms. The summed E-state index contributed by atoms with van der Waals surface area (Å²) in [6.45, 7) is 7.55. The lowest BCUT2D eigenvalue weighted by atomic mass is 10.0. The third-order valence-electron chi connectivity index (χ3n) is 5.62. The van der Waals surface area contributed by atoms with Gasteiger partial charge in [-0.15, -0.1) is 0 Å². The summed E-state index contributed by atoms with van der Waals surface area (Å²) in [6.07, 6.45) is 1.62. The number of para-hydroxylation sites is 1. The van der Waals surface area contributed by atoms with Gasteiger partial charge in [-0.05, 0) is 50.8 Å². The number of carbonyl (C=O) groups is 2. The van der Waals surface area contributed by atoms with Crippen LogP contribution in [0.3, 0.4) is 0 Å². The number of amides is 2. The van der Waals surface area contributed by atoms with E-state index in [4.69, 9.17) is 4.74 Å². The number of nitrogens with zero attached hydrogens (tertiary/aromatic N) is 2. The number of fused-ring (bicyclic) bond motifs is 1. The second kappa shape index (κ2) is 8.44. The summed E-state index contributed by atoms with van der Waals surface area (Å²) in [5, 5.41) is 0. The van der Waals surface area contributed by atoms with Gasteiger partial charge in [-0.25, -0.2) is 0 Å². The number of aryl methyl sites for hydroxylation is 1. The second-order valence-electron chi connectivity index (χ2n) is 8.16. The van der Waals surface area contributed by atoms with Gasteiger partial charge in [0.15, 0.2) is 0 Å². The van der Waals surface area contributed by atoms with Crippen molar-refractivity contribution < 1.29 is 14.3 Å². The number of hydrogen-bond donors (Lipinski definition) is 0. The molecular formula is C25H28N2O3. The lowest BCUT2D eigenvalue weighted by molar-refractivity contribution is -0.137. The van der Waals surface area contributed by atoms with Gasteiger partial charge in [0, 0.05) is 25.4 Å². The summed E-state index contributed by atoms with van der Waals surface area (Å²) < 4.78 is 5.60. The van der Waals surface area contributed by atoms with E-state index in [-0.39, 0.29) is 17.9 Å². The van der Waals surface area contributed by atoms with E-state index in [1.165, 1.54) is 10.5 Å². The first-order valence-electron chi connectivity index (χ1n) is 10.6. The van der Waals surface area contributed by atoms with Crippen LogP contribution in [0.1, 0.15) is 37.0 Å². The van der Waals surface area contributed by atoms with Gasteiger partial charge in [0.1, 0.15) is 5.70 Å². The Kier molecular flexibility index (Phi) is 5.73. The van der Waals surface area contributed by atoms with Crippen molar-refractivity contribution in [1.82, 2.24) is 4.90 Å². The third-order valence-corrected chi connectivity index (χ3v) is 5.62. The van der Waals surface area contributed by atoms with Gasteiger partial charge in [0.05, 0.1) is 11.7 Å². The molecule has 2 aliphatic rings. The Morgan fingerprint density at radius 2 is 1.73 bits per heavy atom. The van der Waals surface area contributed by atoms with Gasteiger partial charge in [-0.1, -0.05) is 48.0 Å². The first-order valence-corrected chi connectivity index (χ1v) is 10.6. The van der Waals surface area contributed by atoms with Crippen LogP contribution in [0.5, 0.6) is 0 Å². The van der Waals surface area contributed by atoms with Crippen LogP contribution in [0.25, 0.3) is 5.57 Å². The third kappa shape index (κ3) is 3.77. The largest absolute Gasteiger partial charge is 0.379 e. The van der Waals surface area contributed by atoms with E-state index in [2.05, 4.69) is 6.07 Å². The van der Waals surface area contributed by atoms with Crippen LogP contribution < -0.4 is 4.90 Å². The minimum atomic E-state index is -0.215. The number of anilines is 1. The van der Waals surface area contributed by atoms with Crippen molar-refractivity contribution in [3.8, 4) is 0 Å². The Morgan fingerprint density at radius 3 is 2.47 bits per heavy atom. The molecule has 0 unspecified atom stereocenters. The van der Waals surface area contributed by atoms with Crippen molar-refractivity contribution in [2.45, 2.75) is 39.7 Å². The van der Waals surface area contributed by atoms with Crippen LogP contribution >= 0.6 is 0 Å². The number of benzene rings is 2. The van der Waals surface area contributed by atoms with E-state index >= 15 is 0 Å². The lowest BCUT2D eigenvalue weighted by Crippen LogP contribution is -2.36. The van der Waals surface area contributed by atoms with E-state index in [1.807, 2.05) is 68.1 Å². The van der Waals surface area contributed by atoms with Crippen molar-refractivity contribution in [2.24, 2.45) is 0 Å². The smallest absolute Gasteiger partial charge is 0.278 e. The standard InChI is InChI=1S/C25H28N2O3/c1-17(2)30-16-6-14-27-24(28)22(20-11-9-18(3)10-12-20)23(25(27)29)26-15-13-19-7-4-5-8-21(19)26/h4-5,7-12,17H,6,13-16H2,1-3H3. The lowest BCUT2D eigenvalue weighted by Gasteiger charge is -2.22. The molecule has 2 amide bonds. The molecule has 0 fully saturated rings. The summed E-state index contributed by atoms with van der Waals surface area (Å²) >= 11 is 0. The van der Waals surface area contributed by atoms with Gasteiger partial charge in [-0.2, -0.15) is 0 Å². The van der Waals surface area contributed by atoms with Gasteiger partial charge in [-0.3, -0.25) is 14.5 Å². The first-order chi connectivity index (χ1) is 14.5. The number of carbonyl (C=O) groups excluding carboxylic acids is 2. The molecule has 2 aliphatic heterocycles. The zero-order valence-corrected chi connectivity index (χ0v) is 17.9. The molecule has 0 radical (unpaired) electrons. The molecule has 0 saturated carbocycles. The van der Waals surface area contributed by atoms with Crippen molar-refractivity contribution in [3.63, 3.8) is 0 Å². The zero-order valence-electron chi connectivity index (χ0n) is 17.9. The monoisotopic (exact) mass is 404 g/mol. The molecule has 156 valence electrons. The average molecular weight is 405 g/mol. The van der Waals surface area contributed by atoms with Crippen molar-refractivity contribution in [2.75, 3.05) is 24.6 Å². The first kappa shape index (κ1) is 20.4. The van der Waals surface area contributed by atoms with Crippen LogP contribution in [0.2, 0.25) is 0 Å². The zero-order chi connectivity index (χ0) is 21.3. The molecule has 5 heteroatoms. The maximum Gasteiger partial charge on any atom is 0.278 e. The normalized spacial score (nSPS) is 16.3. The Balaban J connectivity index is 1.69. The number of ether oxygens (including phenoxy) is 1. The summed E-state index contributed by atoms with van der Waals surface area (Å²) in [5.41, 5.74) is 5.13. The molecule has 2 aromatic rings. The summed E-state index contributed by atoms with van der Waals surface area (Å²) in [6, 6.07) is 15.9. The Bertz CT molecular complexity index is 992. The highest BCUT2D eigenvalue weighted by Crippen LogP contribution is 2.38. The molecule has 0 bridgehead atoms. The fraction of sp³-hybridized carbons (Fsp3) is 0.360. The Labute approximate surface area is 177 Å². The van der Waals surface area contributed by atoms with E-state index in [0.29, 0.717) is 37.4 Å². The molecule has 4 rings (SSSR count). The fourth-order valence-corrected chi connectivity index (χ4v) is 4.11. The predicted octanol–water partition coefficient (Wildman–Crippen LogP) is 3.95. The predicted molar refractivity (Wildman–Crippen MR) is 118 cm³/mol. The number of hydrogen-bond acceptors (Lipinski definition) is 4. The molecule has 2 heterocycles. The molecule has 2 aromatic carbocycles. The fourth-order valence-electron chi connectivity index (χ4n) is 4.11. The van der Waals surface area contributed by atoms with E-state index < -0.39 is 0 Å². The SMILES string of the molecule is Cc1ccc(C2=C(N3CCc4ccccc43)C(=O)N(CCCOC(C)C)C2=O)cc1. The second-order valence-corrected chi connectivity index (χ2v) is 8.16. The van der Waals surface area contributed by atoms with Crippen LogP contribution in [-0.4, -0.2) is 42.5 Å². The number of rotatable bonds is 7. The van der Waals surface area contributed by atoms with Crippen LogP contribution in [0.15, 0.2) is 54.2 Å². The van der Waals surface area contributed by atoms with Crippen molar-refractivity contribution in [1.29, 1.82) is 0 Å². The maximum absolute atomic E-state index is 13.5. The quantitative estimate of drug-likeness (QED) is 0.518. The van der Waals surface area contributed by atoms with Gasteiger partial charge in [0.25, 0.3) is 11.8 Å². The average Bonchev–Trinajstić information content (AvgIpc) is 3.25. The Morgan fingerprint density at radius 1 is 1.00 bits per heavy atom. The molecule has 0 aromatic heterocycles. The van der Waals surface area contributed by atoms with E-state index in [9.17, 15) is 9.59 Å². The summed E-state index contributed by atoms with van der Waals surface area (Å²) in [7, 11) is 0. The van der Waals surface area contributed by atoms with Gasteiger partial charge in [0.2, 0.25) is 0 Å². The van der Waals surface area contributed by atoms with Gasteiger partial charge >= 0.3 is 0 Å². The van der Waals surface area contributed by atoms with Crippen LogP contribution in [0.4, 0.5) is 5.69 Å². The molecule has 5 nitrogen and oxygen atoms in total. The minimum absolute atomic E-state index is 0.132. The van der Waals surface area contributed by atoms with Crippen molar-refractivity contribution in [3.05, 3.63) is 70.9 Å². The van der Waals surface area contributed by atoms with Gasteiger partial charge < -0.3 is 9.64 Å². The molecule has 0 aliphatic carbocycles. The summed E-state index contributed by atoms with van der Waals surface area (Å²) in [5.74, 6) is -0.426. The van der Waals surface area contributed by atoms with E-state index in [1.54, 1.807) is 0 Å².